The van der Waals surface area contributed by atoms with E-state index in [1.165, 1.54) is 0 Å². The Kier molecular flexibility index (Phi) is 5.11. The highest BCUT2D eigenvalue weighted by Gasteiger charge is 2.31. The minimum Gasteiger partial charge on any atom is -0.358 e. The van der Waals surface area contributed by atoms with Gasteiger partial charge in [-0.3, -0.25) is 19.3 Å². The SMILES string of the molecule is CNC(=O)C1CCCCN1CC(=O)N1CCC(=O)CC1. The minimum atomic E-state index is -0.191. The molecule has 0 bridgehead atoms. The number of rotatable bonds is 3. The van der Waals surface area contributed by atoms with Crippen LogP contribution in [0.25, 0.3) is 0 Å². The number of Topliss-reactive ketones (excluding diaryl/α,β-unsaturated/α-hetero) is 1. The fourth-order valence-electron chi connectivity index (χ4n) is 2.92. The second kappa shape index (κ2) is 6.83. The molecule has 0 aliphatic carbocycles. The molecule has 0 saturated carbocycles. The molecule has 112 valence electrons. The molecule has 0 aromatic heterocycles. The summed E-state index contributed by atoms with van der Waals surface area (Å²) in [6.07, 6.45) is 3.79. The quantitative estimate of drug-likeness (QED) is 0.776. The lowest BCUT2D eigenvalue weighted by molar-refractivity contribution is -0.137. The molecule has 0 spiro atoms. The molecule has 2 rings (SSSR count). The van der Waals surface area contributed by atoms with Crippen LogP contribution in [0.15, 0.2) is 0 Å². The Morgan fingerprint density at radius 2 is 1.90 bits per heavy atom. The number of ketones is 1. The zero-order valence-electron chi connectivity index (χ0n) is 12.1. The van der Waals surface area contributed by atoms with Gasteiger partial charge in [0.25, 0.3) is 0 Å². The summed E-state index contributed by atoms with van der Waals surface area (Å²) in [7, 11) is 1.63. The van der Waals surface area contributed by atoms with Crippen molar-refractivity contribution in [2.45, 2.75) is 38.1 Å². The smallest absolute Gasteiger partial charge is 0.237 e. The van der Waals surface area contributed by atoms with Crippen LogP contribution < -0.4 is 5.32 Å². The average Bonchev–Trinajstić information content (AvgIpc) is 2.47. The Morgan fingerprint density at radius 3 is 2.55 bits per heavy atom. The van der Waals surface area contributed by atoms with Gasteiger partial charge in [0.05, 0.1) is 12.6 Å². The number of likely N-dealkylation sites (tertiary alicyclic amines) is 2. The first kappa shape index (κ1) is 15.0. The van der Waals surface area contributed by atoms with Crippen LogP contribution in [0.4, 0.5) is 0 Å². The van der Waals surface area contributed by atoms with Crippen molar-refractivity contribution in [3.8, 4) is 0 Å². The van der Waals surface area contributed by atoms with Crippen molar-refractivity contribution in [2.75, 3.05) is 33.2 Å². The van der Waals surface area contributed by atoms with Crippen LogP contribution in [0.3, 0.4) is 0 Å². The second-order valence-corrected chi connectivity index (χ2v) is 5.52. The maximum Gasteiger partial charge on any atom is 0.237 e. The molecule has 1 atom stereocenters. The van der Waals surface area contributed by atoms with E-state index in [4.69, 9.17) is 0 Å². The zero-order chi connectivity index (χ0) is 14.5. The number of likely N-dealkylation sites (N-methyl/N-ethyl adjacent to an activating group) is 1. The standard InChI is InChI=1S/C14H23N3O3/c1-15-14(20)12-4-2-3-7-17(12)10-13(19)16-8-5-11(18)6-9-16/h12H,2-10H2,1H3,(H,15,20). The molecule has 2 amide bonds. The van der Waals surface area contributed by atoms with Crippen molar-refractivity contribution in [3.05, 3.63) is 0 Å². The van der Waals surface area contributed by atoms with E-state index >= 15 is 0 Å². The molecular formula is C14H23N3O3. The van der Waals surface area contributed by atoms with E-state index in [0.717, 1.165) is 25.8 Å². The van der Waals surface area contributed by atoms with Gasteiger partial charge in [0.2, 0.25) is 11.8 Å². The van der Waals surface area contributed by atoms with Gasteiger partial charge in [-0.05, 0) is 19.4 Å². The molecule has 20 heavy (non-hydrogen) atoms. The molecule has 6 nitrogen and oxygen atoms in total. The van der Waals surface area contributed by atoms with Gasteiger partial charge in [-0.15, -0.1) is 0 Å². The third-order valence-corrected chi connectivity index (χ3v) is 4.17. The van der Waals surface area contributed by atoms with Gasteiger partial charge in [0, 0.05) is 33.0 Å². The van der Waals surface area contributed by atoms with Crippen molar-refractivity contribution in [1.29, 1.82) is 0 Å². The molecule has 2 saturated heterocycles. The number of hydrogen-bond donors (Lipinski definition) is 1. The Morgan fingerprint density at radius 1 is 1.20 bits per heavy atom. The van der Waals surface area contributed by atoms with Gasteiger partial charge in [0.15, 0.2) is 0 Å². The number of carbonyl (C=O) groups excluding carboxylic acids is 3. The van der Waals surface area contributed by atoms with E-state index in [2.05, 4.69) is 5.32 Å². The maximum absolute atomic E-state index is 12.3. The number of hydrogen-bond acceptors (Lipinski definition) is 4. The van der Waals surface area contributed by atoms with Gasteiger partial charge in [0.1, 0.15) is 5.78 Å². The van der Waals surface area contributed by atoms with Crippen molar-refractivity contribution in [2.24, 2.45) is 0 Å². The first-order chi connectivity index (χ1) is 9.61. The van der Waals surface area contributed by atoms with E-state index in [1.807, 2.05) is 4.90 Å². The minimum absolute atomic E-state index is 0.00804. The highest BCUT2D eigenvalue weighted by atomic mass is 16.2. The van der Waals surface area contributed by atoms with Crippen LogP contribution in [-0.2, 0) is 14.4 Å². The maximum atomic E-state index is 12.3. The monoisotopic (exact) mass is 281 g/mol. The Bertz CT molecular complexity index is 387. The number of carbonyl (C=O) groups is 3. The summed E-state index contributed by atoms with van der Waals surface area (Å²) in [4.78, 5) is 39.0. The van der Waals surface area contributed by atoms with E-state index in [9.17, 15) is 14.4 Å². The van der Waals surface area contributed by atoms with Gasteiger partial charge < -0.3 is 10.2 Å². The number of piperidine rings is 2. The topological polar surface area (TPSA) is 69.7 Å². The lowest BCUT2D eigenvalue weighted by atomic mass is 10.0. The van der Waals surface area contributed by atoms with E-state index < -0.39 is 0 Å². The highest BCUT2D eigenvalue weighted by molar-refractivity contribution is 5.85. The Labute approximate surface area is 119 Å². The molecule has 0 aromatic carbocycles. The highest BCUT2D eigenvalue weighted by Crippen LogP contribution is 2.17. The summed E-state index contributed by atoms with van der Waals surface area (Å²) >= 11 is 0. The molecule has 0 aromatic rings. The van der Waals surface area contributed by atoms with Crippen LogP contribution in [-0.4, -0.2) is 66.7 Å². The lowest BCUT2D eigenvalue weighted by Crippen LogP contribution is -2.53. The Hall–Kier alpha value is -1.43. The van der Waals surface area contributed by atoms with Crippen LogP contribution in [0.2, 0.25) is 0 Å². The molecule has 1 N–H and O–H groups in total. The molecule has 2 aliphatic heterocycles. The van der Waals surface area contributed by atoms with Crippen LogP contribution in [0, 0.1) is 0 Å². The molecule has 0 radical (unpaired) electrons. The molecular weight excluding hydrogens is 258 g/mol. The summed E-state index contributed by atoms with van der Waals surface area (Å²) in [6.45, 7) is 2.12. The first-order valence-corrected chi connectivity index (χ1v) is 7.37. The Balaban J connectivity index is 1.91. The van der Waals surface area contributed by atoms with E-state index in [-0.39, 0.29) is 30.2 Å². The molecule has 2 fully saturated rings. The summed E-state index contributed by atoms with van der Waals surface area (Å²) < 4.78 is 0. The molecule has 2 aliphatic rings. The molecule has 1 unspecified atom stereocenters. The number of nitrogens with zero attached hydrogens (tertiary/aromatic N) is 2. The van der Waals surface area contributed by atoms with Gasteiger partial charge in [-0.1, -0.05) is 6.42 Å². The number of amides is 2. The van der Waals surface area contributed by atoms with Crippen molar-refractivity contribution in [3.63, 3.8) is 0 Å². The summed E-state index contributed by atoms with van der Waals surface area (Å²) in [6, 6.07) is -0.191. The van der Waals surface area contributed by atoms with Crippen LogP contribution in [0.5, 0.6) is 0 Å². The van der Waals surface area contributed by atoms with Crippen molar-refractivity contribution >= 4 is 17.6 Å². The van der Waals surface area contributed by atoms with Gasteiger partial charge >= 0.3 is 0 Å². The van der Waals surface area contributed by atoms with Gasteiger partial charge in [-0.2, -0.15) is 0 Å². The lowest BCUT2D eigenvalue weighted by Gasteiger charge is -2.36. The normalized spacial score (nSPS) is 24.6. The third-order valence-electron chi connectivity index (χ3n) is 4.17. The third kappa shape index (κ3) is 3.56. The number of nitrogens with one attached hydrogen (secondary N) is 1. The first-order valence-electron chi connectivity index (χ1n) is 7.37. The largest absolute Gasteiger partial charge is 0.358 e. The fourth-order valence-corrected chi connectivity index (χ4v) is 2.92. The zero-order valence-corrected chi connectivity index (χ0v) is 12.1. The second-order valence-electron chi connectivity index (χ2n) is 5.52. The summed E-state index contributed by atoms with van der Waals surface area (Å²) in [5.74, 6) is 0.259. The predicted molar refractivity (Wildman–Crippen MR) is 74.1 cm³/mol. The summed E-state index contributed by atoms with van der Waals surface area (Å²) in [5, 5.41) is 2.67. The molecule has 2 heterocycles. The molecule has 6 heteroatoms. The predicted octanol–water partition coefficient (Wildman–Crippen LogP) is -0.222. The van der Waals surface area contributed by atoms with E-state index in [0.29, 0.717) is 25.9 Å². The fraction of sp³-hybridized carbons (Fsp3) is 0.786. The van der Waals surface area contributed by atoms with Crippen molar-refractivity contribution in [1.82, 2.24) is 15.1 Å². The van der Waals surface area contributed by atoms with Crippen molar-refractivity contribution < 1.29 is 14.4 Å². The van der Waals surface area contributed by atoms with Gasteiger partial charge in [-0.25, -0.2) is 0 Å². The summed E-state index contributed by atoms with van der Waals surface area (Å²) in [5.41, 5.74) is 0. The van der Waals surface area contributed by atoms with Crippen LogP contribution in [0.1, 0.15) is 32.1 Å². The van der Waals surface area contributed by atoms with E-state index in [1.54, 1.807) is 11.9 Å². The average molecular weight is 281 g/mol. The van der Waals surface area contributed by atoms with Crippen LogP contribution >= 0.6 is 0 Å².